The molecule has 0 aliphatic carbocycles. The zero-order valence-electron chi connectivity index (χ0n) is 12.1. The third-order valence-corrected chi connectivity index (χ3v) is 3.25. The van der Waals surface area contributed by atoms with E-state index in [0.717, 1.165) is 31.9 Å². The molecule has 0 radical (unpaired) electrons. The van der Waals surface area contributed by atoms with Gasteiger partial charge in [0.05, 0.1) is 13.2 Å². The van der Waals surface area contributed by atoms with Gasteiger partial charge in [0.1, 0.15) is 0 Å². The van der Waals surface area contributed by atoms with E-state index >= 15 is 0 Å². The molecule has 1 rings (SSSR count). The predicted octanol–water partition coefficient (Wildman–Crippen LogP) is 2.87. The topological polar surface area (TPSA) is 41.5 Å². The van der Waals surface area contributed by atoms with Gasteiger partial charge in [-0.1, -0.05) is 13.0 Å². The number of aliphatic hydroxyl groups excluding tert-OH is 1. The van der Waals surface area contributed by atoms with Crippen molar-refractivity contribution >= 4 is 0 Å². The number of ether oxygens (including phenoxy) is 1. The van der Waals surface area contributed by atoms with Crippen LogP contribution in [0.2, 0.25) is 0 Å². The van der Waals surface area contributed by atoms with E-state index in [0.29, 0.717) is 6.61 Å². The largest absolute Gasteiger partial charge is 0.490 e. The highest BCUT2D eigenvalue weighted by Crippen LogP contribution is 2.20. The maximum Gasteiger partial charge on any atom is 0.200 e. The minimum absolute atomic E-state index is 0.0541. The third-order valence-electron chi connectivity index (χ3n) is 3.25. The van der Waals surface area contributed by atoms with Gasteiger partial charge in [-0.05, 0) is 44.9 Å². The molecule has 5 heteroatoms. The molecule has 0 aliphatic rings. The van der Waals surface area contributed by atoms with Crippen molar-refractivity contribution < 1.29 is 18.6 Å². The number of benzene rings is 1. The molecule has 3 nitrogen and oxygen atoms in total. The van der Waals surface area contributed by atoms with Gasteiger partial charge in [0.25, 0.3) is 0 Å². The fourth-order valence-corrected chi connectivity index (χ4v) is 2.04. The highest BCUT2D eigenvalue weighted by molar-refractivity contribution is 5.24. The van der Waals surface area contributed by atoms with Crippen molar-refractivity contribution in [2.24, 2.45) is 0 Å². The normalized spacial score (nSPS) is 14.1. The zero-order chi connectivity index (χ0) is 15.0. The third kappa shape index (κ3) is 5.06. The summed E-state index contributed by atoms with van der Waals surface area (Å²) in [5, 5.41) is 12.6. The molecular formula is C15H23F2NO2. The molecule has 0 fully saturated rings. The second-order valence-corrected chi connectivity index (χ2v) is 5.11. The summed E-state index contributed by atoms with van der Waals surface area (Å²) in [4.78, 5) is 0. The van der Waals surface area contributed by atoms with Gasteiger partial charge < -0.3 is 15.2 Å². The SMILES string of the molecule is CCNC(C)(CO)CCCCOc1cccc(F)c1F. The van der Waals surface area contributed by atoms with Crippen molar-refractivity contribution in [2.75, 3.05) is 19.8 Å². The second kappa shape index (κ2) is 8.17. The van der Waals surface area contributed by atoms with Crippen LogP contribution in [0.1, 0.15) is 33.1 Å². The van der Waals surface area contributed by atoms with Crippen LogP contribution in [0.15, 0.2) is 18.2 Å². The lowest BCUT2D eigenvalue weighted by Crippen LogP contribution is -2.45. The molecule has 0 aromatic heterocycles. The van der Waals surface area contributed by atoms with Crippen LogP contribution in [0.3, 0.4) is 0 Å². The van der Waals surface area contributed by atoms with Gasteiger partial charge in [-0.2, -0.15) is 4.39 Å². The summed E-state index contributed by atoms with van der Waals surface area (Å²) in [6, 6.07) is 3.89. The van der Waals surface area contributed by atoms with Gasteiger partial charge in [-0.25, -0.2) is 4.39 Å². The Morgan fingerprint density at radius 3 is 2.70 bits per heavy atom. The van der Waals surface area contributed by atoms with Gasteiger partial charge in [0.15, 0.2) is 11.6 Å². The molecule has 1 unspecified atom stereocenters. The van der Waals surface area contributed by atoms with Gasteiger partial charge in [0.2, 0.25) is 5.82 Å². The monoisotopic (exact) mass is 287 g/mol. The van der Waals surface area contributed by atoms with E-state index in [4.69, 9.17) is 4.74 Å². The lowest BCUT2D eigenvalue weighted by Gasteiger charge is -2.28. The van der Waals surface area contributed by atoms with Crippen molar-refractivity contribution in [1.82, 2.24) is 5.32 Å². The zero-order valence-corrected chi connectivity index (χ0v) is 12.1. The number of hydrogen-bond acceptors (Lipinski definition) is 3. The average Bonchev–Trinajstić information content (AvgIpc) is 2.43. The molecular weight excluding hydrogens is 264 g/mol. The first-order chi connectivity index (χ1) is 9.52. The molecule has 1 aromatic carbocycles. The molecule has 1 aromatic rings. The summed E-state index contributed by atoms with van der Waals surface area (Å²) in [5.41, 5.74) is -0.293. The minimum Gasteiger partial charge on any atom is -0.490 e. The van der Waals surface area contributed by atoms with Crippen LogP contribution < -0.4 is 10.1 Å². The predicted molar refractivity (Wildman–Crippen MR) is 74.9 cm³/mol. The van der Waals surface area contributed by atoms with E-state index in [2.05, 4.69) is 5.32 Å². The number of likely N-dealkylation sites (N-methyl/N-ethyl adjacent to an activating group) is 1. The maximum atomic E-state index is 13.3. The first-order valence-electron chi connectivity index (χ1n) is 6.95. The smallest absolute Gasteiger partial charge is 0.200 e. The highest BCUT2D eigenvalue weighted by atomic mass is 19.2. The highest BCUT2D eigenvalue weighted by Gasteiger charge is 2.20. The van der Waals surface area contributed by atoms with Crippen LogP contribution in [-0.4, -0.2) is 30.4 Å². The molecule has 0 heterocycles. The first kappa shape index (κ1) is 16.9. The van der Waals surface area contributed by atoms with Crippen molar-refractivity contribution in [3.63, 3.8) is 0 Å². The number of nitrogens with one attached hydrogen (secondary N) is 1. The van der Waals surface area contributed by atoms with E-state index in [9.17, 15) is 13.9 Å². The molecule has 0 amide bonds. The van der Waals surface area contributed by atoms with Crippen LogP contribution >= 0.6 is 0 Å². The summed E-state index contributed by atoms with van der Waals surface area (Å²) >= 11 is 0. The van der Waals surface area contributed by atoms with Crippen molar-refractivity contribution in [1.29, 1.82) is 0 Å². The van der Waals surface area contributed by atoms with Crippen LogP contribution in [-0.2, 0) is 0 Å². The number of rotatable bonds is 9. The van der Waals surface area contributed by atoms with Gasteiger partial charge in [-0.15, -0.1) is 0 Å². The minimum atomic E-state index is -0.944. The van der Waals surface area contributed by atoms with Gasteiger partial charge in [-0.3, -0.25) is 0 Å². The lowest BCUT2D eigenvalue weighted by atomic mass is 9.96. The summed E-state index contributed by atoms with van der Waals surface area (Å²) in [7, 11) is 0. The fourth-order valence-electron chi connectivity index (χ4n) is 2.04. The molecule has 2 N–H and O–H groups in total. The number of hydrogen-bond donors (Lipinski definition) is 2. The molecule has 0 bridgehead atoms. The summed E-state index contributed by atoms with van der Waals surface area (Å²) in [6.45, 7) is 5.14. The van der Waals surface area contributed by atoms with E-state index in [1.165, 1.54) is 12.1 Å². The molecule has 1 atom stereocenters. The van der Waals surface area contributed by atoms with Gasteiger partial charge in [0, 0.05) is 5.54 Å². The number of halogens is 2. The van der Waals surface area contributed by atoms with Crippen molar-refractivity contribution in [3.8, 4) is 5.75 Å². The Labute approximate surface area is 119 Å². The Morgan fingerprint density at radius 1 is 1.30 bits per heavy atom. The second-order valence-electron chi connectivity index (χ2n) is 5.11. The van der Waals surface area contributed by atoms with Crippen LogP contribution in [0.4, 0.5) is 8.78 Å². The number of unbranched alkanes of at least 4 members (excludes halogenated alkanes) is 1. The average molecular weight is 287 g/mol. The Kier molecular flexibility index (Phi) is 6.88. The van der Waals surface area contributed by atoms with E-state index in [1.54, 1.807) is 0 Å². The Morgan fingerprint density at radius 2 is 2.05 bits per heavy atom. The lowest BCUT2D eigenvalue weighted by molar-refractivity contribution is 0.162. The summed E-state index contributed by atoms with van der Waals surface area (Å²) in [5.74, 6) is -1.90. The standard InChI is InChI=1S/C15H23F2NO2/c1-3-18-15(2,11-19)9-4-5-10-20-13-8-6-7-12(16)14(13)17/h6-8,18-19H,3-5,9-11H2,1-2H3. The van der Waals surface area contributed by atoms with Crippen molar-refractivity contribution in [3.05, 3.63) is 29.8 Å². The fraction of sp³-hybridized carbons (Fsp3) is 0.600. The van der Waals surface area contributed by atoms with Crippen LogP contribution in [0, 0.1) is 11.6 Å². The molecule has 114 valence electrons. The van der Waals surface area contributed by atoms with Gasteiger partial charge >= 0.3 is 0 Å². The number of aliphatic hydroxyl groups is 1. The summed E-state index contributed by atoms with van der Waals surface area (Å²) in [6.07, 6.45) is 2.35. The van der Waals surface area contributed by atoms with E-state index in [1.807, 2.05) is 13.8 Å². The van der Waals surface area contributed by atoms with E-state index in [-0.39, 0.29) is 17.9 Å². The Balaban J connectivity index is 2.30. The molecule has 20 heavy (non-hydrogen) atoms. The first-order valence-corrected chi connectivity index (χ1v) is 6.95. The molecule has 0 aliphatic heterocycles. The molecule has 0 saturated heterocycles. The van der Waals surface area contributed by atoms with Crippen LogP contribution in [0.5, 0.6) is 5.75 Å². The Hall–Kier alpha value is -1.20. The summed E-state index contributed by atoms with van der Waals surface area (Å²) < 4.78 is 31.5. The van der Waals surface area contributed by atoms with Crippen molar-refractivity contribution in [2.45, 2.75) is 38.6 Å². The van der Waals surface area contributed by atoms with Crippen LogP contribution in [0.25, 0.3) is 0 Å². The Bertz CT molecular complexity index is 415. The maximum absolute atomic E-state index is 13.3. The molecule has 0 saturated carbocycles. The van der Waals surface area contributed by atoms with E-state index < -0.39 is 11.6 Å². The quantitative estimate of drug-likeness (QED) is 0.686. The molecule has 0 spiro atoms.